The second-order valence-electron chi connectivity index (χ2n) is 14.7. The standard InChI is InChI=1S/C37H48O9/c1-19(2)11-10-17-37(9)18-16-23-28(39)25-27(38)22-14-13-21(4)35(5,6)44-24(15-12-20(3)34(41)42)30(22)43-32(25)26(31(23)45-37)29(40)33-36(7,8)46-33/h11-12,14,16,18,21,24,29-30,33,39-40H,10,13,15,17H2,1-9H3,(H,41,42)/b20-12-,22-14-/t21?,24?,29?,30?,33?,37-/m0/s1. The van der Waals surface area contributed by atoms with Crippen LogP contribution in [0.4, 0.5) is 0 Å². The Morgan fingerprint density at radius 3 is 2.35 bits per heavy atom. The molecule has 9 nitrogen and oxygen atoms in total. The minimum atomic E-state index is -1.23. The average Bonchev–Trinajstić information content (AvgIpc) is 3.60. The minimum Gasteiger partial charge on any atom is -0.506 e. The summed E-state index contributed by atoms with van der Waals surface area (Å²) in [6.45, 7) is 17.2. The average molecular weight is 637 g/mol. The summed E-state index contributed by atoms with van der Waals surface area (Å²) in [7, 11) is 0. The number of ether oxygens (including phenoxy) is 4. The minimum absolute atomic E-state index is 0.0197. The normalized spacial score (nSPS) is 31.0. The first-order valence-corrected chi connectivity index (χ1v) is 16.2. The number of hydrogen-bond donors (Lipinski definition) is 3. The van der Waals surface area contributed by atoms with Crippen molar-refractivity contribution in [3.8, 4) is 17.2 Å². The third-order valence-electron chi connectivity index (χ3n) is 9.93. The summed E-state index contributed by atoms with van der Waals surface area (Å²) in [6.07, 6.45) is 7.75. The molecule has 1 aromatic carbocycles. The van der Waals surface area contributed by atoms with E-state index in [1.54, 1.807) is 12.2 Å². The zero-order valence-corrected chi connectivity index (χ0v) is 28.4. The van der Waals surface area contributed by atoms with Crippen LogP contribution < -0.4 is 9.47 Å². The van der Waals surface area contributed by atoms with Gasteiger partial charge in [-0.2, -0.15) is 0 Å². The topological polar surface area (TPSA) is 135 Å². The van der Waals surface area contributed by atoms with Crippen molar-refractivity contribution in [2.75, 3.05) is 0 Å². The molecule has 250 valence electrons. The SMILES string of the molecule is CC(C)=CCC[C@@]1(C)C=Cc2c(O)c3c(c(C(O)C4OC4(C)C)c2O1)OC1/C(=C\CC(C)C(C)(C)OC1C/C=C(/C)C(=O)O)C3=O. The predicted molar refractivity (Wildman–Crippen MR) is 174 cm³/mol. The zero-order valence-electron chi connectivity index (χ0n) is 28.4. The summed E-state index contributed by atoms with van der Waals surface area (Å²) < 4.78 is 25.9. The third kappa shape index (κ3) is 6.29. The summed E-state index contributed by atoms with van der Waals surface area (Å²) in [5, 5.41) is 33.1. The van der Waals surface area contributed by atoms with Crippen LogP contribution in [0.15, 0.2) is 41.0 Å². The van der Waals surface area contributed by atoms with Crippen molar-refractivity contribution in [2.45, 2.75) is 129 Å². The van der Waals surface area contributed by atoms with E-state index in [9.17, 15) is 24.9 Å². The highest BCUT2D eigenvalue weighted by Crippen LogP contribution is 2.56. The highest BCUT2D eigenvalue weighted by atomic mass is 16.6. The van der Waals surface area contributed by atoms with Crippen LogP contribution in [0.3, 0.4) is 0 Å². The molecule has 3 N–H and O–H groups in total. The van der Waals surface area contributed by atoms with Crippen molar-refractivity contribution in [1.29, 1.82) is 0 Å². The fraction of sp³-hybridized carbons (Fsp3) is 0.568. The molecule has 4 aliphatic rings. The number of phenols is 1. The fourth-order valence-electron chi connectivity index (χ4n) is 6.45. The van der Waals surface area contributed by atoms with Crippen LogP contribution in [-0.4, -0.2) is 62.2 Å². The van der Waals surface area contributed by atoms with Crippen molar-refractivity contribution < 1.29 is 43.9 Å². The number of hydrogen-bond acceptors (Lipinski definition) is 8. The van der Waals surface area contributed by atoms with Gasteiger partial charge in [0.15, 0.2) is 11.9 Å². The maximum Gasteiger partial charge on any atom is 0.330 e. The Morgan fingerprint density at radius 1 is 1.07 bits per heavy atom. The van der Waals surface area contributed by atoms with Gasteiger partial charge in [-0.05, 0) is 99.1 Å². The van der Waals surface area contributed by atoms with Gasteiger partial charge in [0.25, 0.3) is 0 Å². The predicted octanol–water partition coefficient (Wildman–Crippen LogP) is 7.01. The van der Waals surface area contributed by atoms with Gasteiger partial charge in [-0.1, -0.05) is 30.7 Å². The Morgan fingerprint density at radius 2 is 1.74 bits per heavy atom. The first kappa shape index (κ1) is 33.9. The van der Waals surface area contributed by atoms with E-state index < -0.39 is 53.0 Å². The van der Waals surface area contributed by atoms with Gasteiger partial charge in [0.05, 0.1) is 22.3 Å². The van der Waals surface area contributed by atoms with Crippen molar-refractivity contribution in [1.82, 2.24) is 0 Å². The monoisotopic (exact) mass is 636 g/mol. The van der Waals surface area contributed by atoms with Crippen LogP contribution in [0.1, 0.15) is 116 Å². The Kier molecular flexibility index (Phi) is 8.85. The van der Waals surface area contributed by atoms with Gasteiger partial charge in [-0.15, -0.1) is 0 Å². The summed E-state index contributed by atoms with van der Waals surface area (Å²) in [4.78, 5) is 26.1. The van der Waals surface area contributed by atoms with E-state index in [4.69, 9.17) is 18.9 Å². The molecular weight excluding hydrogens is 588 g/mol. The Hall–Kier alpha value is -3.40. The number of carbonyl (C=O) groups excluding carboxylic acids is 1. The van der Waals surface area contributed by atoms with E-state index in [0.29, 0.717) is 24.0 Å². The van der Waals surface area contributed by atoms with E-state index >= 15 is 0 Å². The number of allylic oxidation sites excluding steroid dienone is 3. The van der Waals surface area contributed by atoms with E-state index in [-0.39, 0.29) is 46.3 Å². The van der Waals surface area contributed by atoms with E-state index in [2.05, 4.69) is 6.08 Å². The number of aromatic hydroxyl groups is 1. The van der Waals surface area contributed by atoms with Gasteiger partial charge in [-0.3, -0.25) is 4.79 Å². The molecule has 1 aromatic rings. The molecule has 0 amide bonds. The summed E-state index contributed by atoms with van der Waals surface area (Å²) in [5.41, 5.74) is 0.157. The van der Waals surface area contributed by atoms with Crippen molar-refractivity contribution in [3.63, 3.8) is 0 Å². The molecule has 0 bridgehead atoms. The van der Waals surface area contributed by atoms with Crippen LogP contribution in [0.2, 0.25) is 0 Å². The molecule has 0 radical (unpaired) electrons. The lowest BCUT2D eigenvalue weighted by Gasteiger charge is -2.43. The molecule has 9 heteroatoms. The van der Waals surface area contributed by atoms with Crippen molar-refractivity contribution >= 4 is 17.8 Å². The Bertz CT molecular complexity index is 1550. The lowest BCUT2D eigenvalue weighted by atomic mass is 9.80. The zero-order chi connectivity index (χ0) is 33.9. The number of ketones is 1. The molecule has 5 rings (SSSR count). The van der Waals surface area contributed by atoms with Crippen LogP contribution >= 0.6 is 0 Å². The molecule has 0 aliphatic carbocycles. The number of phenolic OH excluding ortho intramolecular Hbond substituents is 1. The first-order chi connectivity index (χ1) is 21.4. The number of benzene rings is 1. The van der Waals surface area contributed by atoms with Gasteiger partial charge in [0.2, 0.25) is 0 Å². The maximum absolute atomic E-state index is 14.4. The van der Waals surface area contributed by atoms with Crippen LogP contribution in [-0.2, 0) is 14.3 Å². The smallest absolute Gasteiger partial charge is 0.330 e. The van der Waals surface area contributed by atoms with E-state index in [1.807, 2.05) is 67.5 Å². The molecule has 4 heterocycles. The van der Waals surface area contributed by atoms with Crippen LogP contribution in [0, 0.1) is 5.92 Å². The Balaban J connectivity index is 1.69. The number of aliphatic hydroxyl groups is 1. The summed E-state index contributed by atoms with van der Waals surface area (Å²) >= 11 is 0. The van der Waals surface area contributed by atoms with E-state index in [0.717, 1.165) is 6.42 Å². The number of carboxylic acids is 1. The number of carboxylic acid groups (broad SMARTS) is 1. The number of epoxide rings is 1. The second kappa shape index (κ2) is 12.0. The number of rotatable bonds is 8. The summed E-state index contributed by atoms with van der Waals surface area (Å²) in [5.74, 6) is -1.46. The number of aliphatic hydroxyl groups excluding tert-OH is 1. The van der Waals surface area contributed by atoms with Crippen molar-refractivity contribution in [3.05, 3.63) is 57.7 Å². The molecule has 0 aromatic heterocycles. The fourth-order valence-corrected chi connectivity index (χ4v) is 6.45. The highest BCUT2D eigenvalue weighted by molar-refractivity contribution is 6.15. The van der Waals surface area contributed by atoms with Crippen LogP contribution in [0.25, 0.3) is 6.08 Å². The lowest BCUT2D eigenvalue weighted by Crippen LogP contribution is -2.48. The Labute approximate surface area is 271 Å². The quantitative estimate of drug-likeness (QED) is 0.156. The molecule has 1 fully saturated rings. The van der Waals surface area contributed by atoms with Gasteiger partial charge < -0.3 is 34.3 Å². The number of fused-ring (bicyclic) bond motifs is 3. The van der Waals surface area contributed by atoms with Gasteiger partial charge >= 0.3 is 5.97 Å². The molecule has 5 unspecified atom stereocenters. The van der Waals surface area contributed by atoms with Gasteiger partial charge in [0, 0.05) is 11.1 Å². The number of carbonyl (C=O) groups is 2. The van der Waals surface area contributed by atoms with E-state index in [1.165, 1.54) is 12.5 Å². The second-order valence-corrected chi connectivity index (χ2v) is 14.7. The molecular formula is C37H48O9. The number of Topliss-reactive ketones (excluding diaryl/α,β-unsaturated/α-hetero) is 1. The third-order valence-corrected chi connectivity index (χ3v) is 9.93. The highest BCUT2D eigenvalue weighted by Gasteiger charge is 2.56. The van der Waals surface area contributed by atoms with Gasteiger partial charge in [0.1, 0.15) is 46.7 Å². The maximum atomic E-state index is 14.4. The molecule has 46 heavy (non-hydrogen) atoms. The molecule has 0 spiro atoms. The first-order valence-electron chi connectivity index (χ1n) is 16.2. The largest absolute Gasteiger partial charge is 0.506 e. The van der Waals surface area contributed by atoms with Gasteiger partial charge in [-0.25, -0.2) is 4.79 Å². The molecule has 0 saturated carbocycles. The molecule has 6 atom stereocenters. The summed E-state index contributed by atoms with van der Waals surface area (Å²) in [6, 6.07) is 0. The molecule has 4 aliphatic heterocycles. The lowest BCUT2D eigenvalue weighted by molar-refractivity contribution is -0.133. The van der Waals surface area contributed by atoms with Crippen LogP contribution in [0.5, 0.6) is 17.2 Å². The van der Waals surface area contributed by atoms with Crippen molar-refractivity contribution in [2.24, 2.45) is 5.92 Å². The molecule has 1 saturated heterocycles. The number of aliphatic carboxylic acids is 1.